The van der Waals surface area contributed by atoms with E-state index in [2.05, 4.69) is 18.7 Å². The van der Waals surface area contributed by atoms with Crippen molar-refractivity contribution in [3.05, 3.63) is 0 Å². The quantitative estimate of drug-likeness (QED) is 0.662. The summed E-state index contributed by atoms with van der Waals surface area (Å²) >= 11 is 0. The van der Waals surface area contributed by atoms with E-state index in [1.165, 1.54) is 19.3 Å². The Labute approximate surface area is 86.7 Å². The van der Waals surface area contributed by atoms with Crippen LogP contribution in [-0.2, 0) is 4.79 Å². The molecular formula is C12H21NO. The average Bonchev–Trinajstić information content (AvgIpc) is 2.68. The molecule has 0 radical (unpaired) electrons. The highest BCUT2D eigenvalue weighted by molar-refractivity contribution is 5.80. The number of hydrogen-bond donors (Lipinski definition) is 0. The Morgan fingerprint density at radius 2 is 2.14 bits per heavy atom. The van der Waals surface area contributed by atoms with Crippen molar-refractivity contribution in [3.63, 3.8) is 0 Å². The summed E-state index contributed by atoms with van der Waals surface area (Å²) in [5.74, 6) is 1.55. The van der Waals surface area contributed by atoms with Crippen molar-refractivity contribution in [2.75, 3.05) is 6.54 Å². The fraction of sp³-hybridized carbons (Fsp3) is 0.917. The maximum Gasteiger partial charge on any atom is 0.225 e. The first-order chi connectivity index (χ1) is 6.77. The lowest BCUT2D eigenvalue weighted by molar-refractivity contribution is -0.142. The van der Waals surface area contributed by atoms with E-state index in [1.54, 1.807) is 0 Å². The number of nitrogens with zero attached hydrogens (tertiary/aromatic N) is 1. The van der Waals surface area contributed by atoms with Crippen LogP contribution in [0.4, 0.5) is 0 Å². The Bertz CT molecular complexity index is 226. The maximum atomic E-state index is 12.0. The second kappa shape index (κ2) is 3.92. The van der Waals surface area contributed by atoms with Crippen LogP contribution in [0.5, 0.6) is 0 Å². The lowest BCUT2D eigenvalue weighted by Gasteiger charge is -2.40. The predicted octanol–water partition coefficient (Wildman–Crippen LogP) is 2.43. The van der Waals surface area contributed by atoms with Gasteiger partial charge < -0.3 is 4.90 Å². The molecule has 2 aliphatic heterocycles. The van der Waals surface area contributed by atoms with Gasteiger partial charge in [0.2, 0.25) is 5.91 Å². The summed E-state index contributed by atoms with van der Waals surface area (Å²) in [6.07, 6.45) is 5.89. The molecule has 1 amide bonds. The van der Waals surface area contributed by atoms with Crippen LogP contribution in [0.1, 0.15) is 46.0 Å². The molecule has 2 aliphatic rings. The molecule has 0 N–H and O–H groups in total. The van der Waals surface area contributed by atoms with Gasteiger partial charge in [0, 0.05) is 18.5 Å². The van der Waals surface area contributed by atoms with Crippen molar-refractivity contribution in [1.29, 1.82) is 0 Å². The van der Waals surface area contributed by atoms with Crippen LogP contribution in [-0.4, -0.2) is 23.4 Å². The molecule has 0 spiro atoms. The second-order valence-corrected chi connectivity index (χ2v) is 4.75. The Kier molecular flexibility index (Phi) is 2.80. The van der Waals surface area contributed by atoms with Crippen molar-refractivity contribution in [1.82, 2.24) is 4.90 Å². The van der Waals surface area contributed by atoms with E-state index in [4.69, 9.17) is 0 Å². The van der Waals surface area contributed by atoms with Crippen LogP contribution in [0.25, 0.3) is 0 Å². The van der Waals surface area contributed by atoms with Gasteiger partial charge in [-0.05, 0) is 31.6 Å². The topological polar surface area (TPSA) is 20.3 Å². The Morgan fingerprint density at radius 3 is 2.79 bits per heavy atom. The van der Waals surface area contributed by atoms with Gasteiger partial charge in [0.05, 0.1) is 0 Å². The molecule has 2 fully saturated rings. The Hall–Kier alpha value is -0.530. The van der Waals surface area contributed by atoms with Crippen LogP contribution in [0.15, 0.2) is 0 Å². The number of rotatable bonds is 2. The molecule has 2 heteroatoms. The van der Waals surface area contributed by atoms with Gasteiger partial charge in [0.25, 0.3) is 0 Å². The van der Waals surface area contributed by atoms with E-state index in [1.807, 2.05) is 0 Å². The molecule has 0 unspecified atom stereocenters. The lowest BCUT2D eigenvalue weighted by atomic mass is 9.80. The largest absolute Gasteiger partial charge is 0.339 e. The number of hydrogen-bond acceptors (Lipinski definition) is 1. The standard InChI is InChI=1S/C12H21NO/c1-3-9-8-10(4-2)12(14)13-7-5-6-11(9)13/h9-11H,3-8H2,1-2H3/t9-,10+,11+/m1/s1. The summed E-state index contributed by atoms with van der Waals surface area (Å²) in [5.41, 5.74) is 0. The third kappa shape index (κ3) is 1.45. The first-order valence-electron chi connectivity index (χ1n) is 6.08. The fourth-order valence-electron chi connectivity index (χ4n) is 3.19. The van der Waals surface area contributed by atoms with Gasteiger partial charge in [-0.15, -0.1) is 0 Å². The molecule has 14 heavy (non-hydrogen) atoms. The summed E-state index contributed by atoms with van der Waals surface area (Å²) in [6, 6.07) is 0.593. The van der Waals surface area contributed by atoms with Gasteiger partial charge in [0.15, 0.2) is 0 Å². The van der Waals surface area contributed by atoms with Gasteiger partial charge in [0.1, 0.15) is 0 Å². The number of carbonyl (C=O) groups is 1. The van der Waals surface area contributed by atoms with Crippen molar-refractivity contribution < 1.29 is 4.79 Å². The number of piperidine rings is 1. The average molecular weight is 195 g/mol. The van der Waals surface area contributed by atoms with Gasteiger partial charge in [-0.3, -0.25) is 4.79 Å². The van der Waals surface area contributed by atoms with Gasteiger partial charge in [-0.1, -0.05) is 20.3 Å². The van der Waals surface area contributed by atoms with Crippen LogP contribution in [0, 0.1) is 11.8 Å². The summed E-state index contributed by atoms with van der Waals surface area (Å²) in [5, 5.41) is 0. The van der Waals surface area contributed by atoms with Crippen molar-refractivity contribution in [2.24, 2.45) is 11.8 Å². The lowest BCUT2D eigenvalue weighted by Crippen LogP contribution is -2.48. The minimum absolute atomic E-state index is 0.328. The molecule has 2 heterocycles. The molecule has 0 aromatic heterocycles. The van der Waals surface area contributed by atoms with Gasteiger partial charge in [-0.25, -0.2) is 0 Å². The zero-order valence-corrected chi connectivity index (χ0v) is 9.33. The highest BCUT2D eigenvalue weighted by Gasteiger charge is 2.41. The molecule has 2 saturated heterocycles. The molecule has 3 atom stereocenters. The molecule has 0 saturated carbocycles. The van der Waals surface area contributed by atoms with E-state index in [9.17, 15) is 4.79 Å². The fourth-order valence-corrected chi connectivity index (χ4v) is 3.19. The zero-order valence-electron chi connectivity index (χ0n) is 9.33. The summed E-state index contributed by atoms with van der Waals surface area (Å²) in [6.45, 7) is 5.44. The summed E-state index contributed by atoms with van der Waals surface area (Å²) < 4.78 is 0. The number of amides is 1. The third-order valence-electron chi connectivity index (χ3n) is 4.08. The van der Waals surface area contributed by atoms with Gasteiger partial charge in [-0.2, -0.15) is 0 Å². The van der Waals surface area contributed by atoms with Crippen LogP contribution >= 0.6 is 0 Å². The highest BCUT2D eigenvalue weighted by atomic mass is 16.2. The van der Waals surface area contributed by atoms with Crippen LogP contribution in [0.2, 0.25) is 0 Å². The maximum absolute atomic E-state index is 12.0. The molecular weight excluding hydrogens is 174 g/mol. The van der Waals surface area contributed by atoms with Crippen LogP contribution < -0.4 is 0 Å². The molecule has 0 aromatic carbocycles. The summed E-state index contributed by atoms with van der Waals surface area (Å²) in [4.78, 5) is 14.2. The Morgan fingerprint density at radius 1 is 1.36 bits per heavy atom. The summed E-state index contributed by atoms with van der Waals surface area (Å²) in [7, 11) is 0. The first-order valence-corrected chi connectivity index (χ1v) is 6.08. The number of fused-ring (bicyclic) bond motifs is 1. The normalized spacial score (nSPS) is 37.4. The molecule has 80 valence electrons. The molecule has 0 aromatic rings. The van der Waals surface area contributed by atoms with E-state index in [0.29, 0.717) is 17.9 Å². The monoisotopic (exact) mass is 195 g/mol. The predicted molar refractivity (Wildman–Crippen MR) is 56.9 cm³/mol. The van der Waals surface area contributed by atoms with E-state index < -0.39 is 0 Å². The Balaban J connectivity index is 2.14. The highest BCUT2D eigenvalue weighted by Crippen LogP contribution is 2.37. The third-order valence-corrected chi connectivity index (χ3v) is 4.08. The molecule has 0 aliphatic carbocycles. The first kappa shape index (κ1) is 10.0. The smallest absolute Gasteiger partial charge is 0.225 e. The van der Waals surface area contributed by atoms with Crippen LogP contribution in [0.3, 0.4) is 0 Å². The minimum Gasteiger partial charge on any atom is -0.339 e. The number of carbonyl (C=O) groups excluding carboxylic acids is 1. The minimum atomic E-state index is 0.328. The van der Waals surface area contributed by atoms with E-state index in [0.717, 1.165) is 25.3 Å². The van der Waals surface area contributed by atoms with E-state index >= 15 is 0 Å². The van der Waals surface area contributed by atoms with Crippen molar-refractivity contribution in [2.45, 2.75) is 52.0 Å². The molecule has 2 rings (SSSR count). The molecule has 2 nitrogen and oxygen atoms in total. The van der Waals surface area contributed by atoms with E-state index in [-0.39, 0.29) is 0 Å². The van der Waals surface area contributed by atoms with Crippen molar-refractivity contribution in [3.8, 4) is 0 Å². The zero-order chi connectivity index (χ0) is 10.1. The van der Waals surface area contributed by atoms with Gasteiger partial charge >= 0.3 is 0 Å². The second-order valence-electron chi connectivity index (χ2n) is 4.75. The molecule has 0 bridgehead atoms. The SMILES string of the molecule is CC[C@H]1C[C@@H](CC)[C@@H]2CCCN2C1=O. The van der Waals surface area contributed by atoms with Crippen molar-refractivity contribution >= 4 is 5.91 Å².